The smallest absolute Gasteiger partial charge is 0.241 e. The predicted molar refractivity (Wildman–Crippen MR) is 152 cm³/mol. The minimum Gasteiger partial charge on any atom is -0.358 e. The highest BCUT2D eigenvalue weighted by Crippen LogP contribution is 2.67. The van der Waals surface area contributed by atoms with E-state index in [9.17, 15) is 8.42 Å². The Balaban J connectivity index is 1.58. The van der Waals surface area contributed by atoms with E-state index in [-0.39, 0.29) is 17.3 Å². The van der Waals surface area contributed by atoms with E-state index in [0.717, 1.165) is 17.5 Å². The molecular weight excluding hydrogens is 464 g/mol. The molecule has 3 aromatic rings. The Labute approximate surface area is 218 Å². The number of fused-ring (bicyclic) bond motifs is 1. The van der Waals surface area contributed by atoms with Crippen LogP contribution in [-0.4, -0.2) is 19.9 Å². The third kappa shape index (κ3) is 4.77. The number of aromatic nitrogens is 1. The Bertz CT molecular complexity index is 1330. The molecule has 0 bridgehead atoms. The summed E-state index contributed by atoms with van der Waals surface area (Å²) in [6.45, 7) is 19.9. The topological polar surface area (TPSA) is 62.0 Å². The van der Waals surface area contributed by atoms with E-state index in [0.29, 0.717) is 29.2 Å². The maximum atomic E-state index is 13.8. The molecule has 196 valence electrons. The molecule has 0 spiro atoms. The van der Waals surface area contributed by atoms with Gasteiger partial charge in [0, 0.05) is 23.1 Å². The Morgan fingerprint density at radius 1 is 0.944 bits per heavy atom. The molecule has 4 nitrogen and oxygen atoms in total. The van der Waals surface area contributed by atoms with Gasteiger partial charge in [0.25, 0.3) is 0 Å². The molecule has 2 N–H and O–H groups in total. The molecule has 0 amide bonds. The van der Waals surface area contributed by atoms with Gasteiger partial charge in [-0.05, 0) is 76.7 Å². The molecule has 0 saturated heterocycles. The van der Waals surface area contributed by atoms with Gasteiger partial charge in [-0.2, -0.15) is 0 Å². The van der Waals surface area contributed by atoms with Crippen LogP contribution in [0.25, 0.3) is 10.9 Å². The minimum atomic E-state index is -3.63. The first-order valence-corrected chi connectivity index (χ1v) is 15.0. The summed E-state index contributed by atoms with van der Waals surface area (Å²) in [7, 11) is -3.63. The minimum absolute atomic E-state index is 0.129. The Hall–Kier alpha value is -2.11. The zero-order chi connectivity index (χ0) is 26.6. The molecule has 2 atom stereocenters. The van der Waals surface area contributed by atoms with Crippen LogP contribution in [-0.2, 0) is 10.0 Å². The van der Waals surface area contributed by atoms with Crippen molar-refractivity contribution in [3.8, 4) is 0 Å². The largest absolute Gasteiger partial charge is 0.358 e. The highest BCUT2D eigenvalue weighted by molar-refractivity contribution is 7.89. The van der Waals surface area contributed by atoms with Crippen LogP contribution in [0.4, 0.5) is 0 Å². The van der Waals surface area contributed by atoms with Crippen molar-refractivity contribution in [1.29, 1.82) is 0 Å². The molecule has 5 heteroatoms. The lowest BCUT2D eigenvalue weighted by Crippen LogP contribution is -2.28. The van der Waals surface area contributed by atoms with Gasteiger partial charge in [0.1, 0.15) is 0 Å². The van der Waals surface area contributed by atoms with Crippen LogP contribution < -0.4 is 4.72 Å². The molecular formula is C31H44N2O2S. The van der Waals surface area contributed by atoms with Crippen LogP contribution in [0.5, 0.6) is 0 Å². The lowest BCUT2D eigenvalue weighted by atomic mass is 9.89. The molecule has 0 radical (unpaired) electrons. The first-order valence-electron chi connectivity index (χ1n) is 13.5. The summed E-state index contributed by atoms with van der Waals surface area (Å²) in [5, 5.41) is 1.30. The van der Waals surface area contributed by atoms with Gasteiger partial charge >= 0.3 is 0 Å². The van der Waals surface area contributed by atoms with Gasteiger partial charge in [-0.3, -0.25) is 0 Å². The molecule has 1 aliphatic carbocycles. The second-order valence-corrected chi connectivity index (χ2v) is 14.0. The van der Waals surface area contributed by atoms with E-state index in [4.69, 9.17) is 0 Å². The van der Waals surface area contributed by atoms with E-state index in [1.165, 1.54) is 27.7 Å². The number of para-hydroxylation sites is 1. The van der Waals surface area contributed by atoms with Crippen molar-refractivity contribution in [1.82, 2.24) is 9.71 Å². The van der Waals surface area contributed by atoms with Crippen molar-refractivity contribution in [3.63, 3.8) is 0 Å². The number of aromatic amines is 1. The summed E-state index contributed by atoms with van der Waals surface area (Å²) in [5.74, 6) is 1.48. The summed E-state index contributed by atoms with van der Waals surface area (Å²) >= 11 is 0. The van der Waals surface area contributed by atoms with Crippen molar-refractivity contribution in [2.24, 2.45) is 11.3 Å². The molecule has 1 aromatic heterocycles. The predicted octanol–water partition coefficient (Wildman–Crippen LogP) is 7.95. The molecule has 36 heavy (non-hydrogen) atoms. The number of nitrogens with one attached hydrogen (secondary N) is 2. The fourth-order valence-electron chi connectivity index (χ4n) is 6.18. The van der Waals surface area contributed by atoms with E-state index in [2.05, 4.69) is 108 Å². The van der Waals surface area contributed by atoms with Gasteiger partial charge in [-0.25, -0.2) is 13.1 Å². The maximum absolute atomic E-state index is 13.8. The standard InChI is InChI=1S/C31H44N2O2S/c1-18(2)22-16-24(19(3)4)30(25(17-22)20(5)6)36(34,35)32-15-14-26-29(31(26,8)9)28-21(7)33-27-13-11-10-12-23(27)28/h10-13,16-20,26,29,32-33H,14-15H2,1-9H3. The third-order valence-electron chi connectivity index (χ3n) is 8.40. The van der Waals surface area contributed by atoms with Crippen LogP contribution >= 0.6 is 0 Å². The van der Waals surface area contributed by atoms with Gasteiger partial charge in [0.15, 0.2) is 0 Å². The van der Waals surface area contributed by atoms with Gasteiger partial charge in [0.05, 0.1) is 4.90 Å². The molecule has 1 saturated carbocycles. The third-order valence-corrected chi connectivity index (χ3v) is 9.99. The molecule has 4 rings (SSSR count). The Kier molecular flexibility index (Phi) is 7.22. The van der Waals surface area contributed by atoms with Crippen molar-refractivity contribution in [2.75, 3.05) is 6.54 Å². The summed E-state index contributed by atoms with van der Waals surface area (Å²) in [4.78, 5) is 4.04. The van der Waals surface area contributed by atoms with Crippen LogP contribution in [0.15, 0.2) is 41.3 Å². The van der Waals surface area contributed by atoms with Crippen LogP contribution in [0.2, 0.25) is 0 Å². The molecule has 2 aromatic carbocycles. The number of hydrogen-bond acceptors (Lipinski definition) is 2. The number of hydrogen-bond donors (Lipinski definition) is 2. The summed E-state index contributed by atoms with van der Waals surface area (Å²) in [6.07, 6.45) is 0.827. The van der Waals surface area contributed by atoms with Gasteiger partial charge in [0.2, 0.25) is 10.0 Å². The highest BCUT2D eigenvalue weighted by Gasteiger charge is 2.58. The Morgan fingerprint density at radius 3 is 2.08 bits per heavy atom. The molecule has 0 aliphatic heterocycles. The fourth-order valence-corrected chi connectivity index (χ4v) is 7.92. The van der Waals surface area contributed by atoms with Crippen LogP contribution in [0.1, 0.15) is 113 Å². The first-order chi connectivity index (χ1) is 16.8. The van der Waals surface area contributed by atoms with E-state index < -0.39 is 10.0 Å². The summed E-state index contributed by atoms with van der Waals surface area (Å²) < 4.78 is 30.5. The van der Waals surface area contributed by atoms with E-state index in [1.54, 1.807) is 0 Å². The van der Waals surface area contributed by atoms with Crippen molar-refractivity contribution >= 4 is 20.9 Å². The van der Waals surface area contributed by atoms with Gasteiger partial charge in [-0.15, -0.1) is 0 Å². The normalized spacial score (nSPS) is 19.7. The Morgan fingerprint density at radius 2 is 1.53 bits per heavy atom. The highest BCUT2D eigenvalue weighted by atomic mass is 32.2. The SMILES string of the molecule is Cc1[nH]c2ccccc2c1C1C(CCNS(=O)(=O)c2c(C(C)C)cc(C(C)C)cc2C(C)C)C1(C)C. The average Bonchev–Trinajstić information content (AvgIpc) is 3.15. The second kappa shape index (κ2) is 9.64. The van der Waals surface area contributed by atoms with Crippen LogP contribution in [0, 0.1) is 18.3 Å². The monoisotopic (exact) mass is 508 g/mol. The lowest BCUT2D eigenvalue weighted by molar-refractivity contribution is 0.521. The van der Waals surface area contributed by atoms with Crippen LogP contribution in [0.3, 0.4) is 0 Å². The van der Waals surface area contributed by atoms with Crippen molar-refractivity contribution in [2.45, 2.75) is 97.3 Å². The second-order valence-electron chi connectivity index (χ2n) is 12.3. The quantitative estimate of drug-likeness (QED) is 0.308. The molecule has 1 heterocycles. The zero-order valence-electron chi connectivity index (χ0n) is 23.5. The molecule has 1 aliphatic rings. The van der Waals surface area contributed by atoms with E-state index >= 15 is 0 Å². The lowest BCUT2D eigenvalue weighted by Gasteiger charge is -2.23. The molecule has 1 fully saturated rings. The van der Waals surface area contributed by atoms with Gasteiger partial charge in [-0.1, -0.05) is 85.7 Å². The summed E-state index contributed by atoms with van der Waals surface area (Å²) in [5.41, 5.74) is 7.01. The average molecular weight is 509 g/mol. The number of H-pyrrole nitrogens is 1. The number of sulfonamides is 1. The van der Waals surface area contributed by atoms with Gasteiger partial charge < -0.3 is 4.98 Å². The van der Waals surface area contributed by atoms with Crippen molar-refractivity contribution in [3.05, 3.63) is 64.3 Å². The first kappa shape index (κ1) is 26.9. The fraction of sp³-hybridized carbons (Fsp3) is 0.548. The number of aryl methyl sites for hydroxylation is 1. The van der Waals surface area contributed by atoms with E-state index in [1.807, 2.05) is 0 Å². The number of rotatable bonds is 9. The zero-order valence-corrected chi connectivity index (χ0v) is 24.3. The number of benzene rings is 2. The summed E-state index contributed by atoms with van der Waals surface area (Å²) in [6, 6.07) is 12.7. The maximum Gasteiger partial charge on any atom is 0.241 e. The molecule has 2 unspecified atom stereocenters. The van der Waals surface area contributed by atoms with Crippen molar-refractivity contribution < 1.29 is 8.42 Å².